The van der Waals surface area contributed by atoms with Gasteiger partial charge in [0.1, 0.15) is 0 Å². The van der Waals surface area contributed by atoms with Crippen molar-refractivity contribution in [1.82, 2.24) is 4.98 Å². The molecule has 0 bridgehead atoms. The molecule has 1 N–H and O–H groups in total. The predicted octanol–water partition coefficient (Wildman–Crippen LogP) is 4.99. The molecule has 24 heavy (non-hydrogen) atoms. The van der Waals surface area contributed by atoms with E-state index in [0.717, 1.165) is 31.2 Å². The highest BCUT2D eigenvalue weighted by atomic mass is 35.5. The van der Waals surface area contributed by atoms with Gasteiger partial charge in [-0.2, -0.15) is 0 Å². The van der Waals surface area contributed by atoms with Gasteiger partial charge in [0, 0.05) is 11.3 Å². The fourth-order valence-corrected chi connectivity index (χ4v) is 3.73. The summed E-state index contributed by atoms with van der Waals surface area (Å²) in [4.78, 5) is 16.5. The molecular weight excluding hydrogens is 324 g/mol. The number of amides is 1. The number of hydrogen-bond donors (Lipinski definition) is 1. The Labute approximate surface area is 145 Å². The highest BCUT2D eigenvalue weighted by Crippen LogP contribution is 2.39. The molecule has 0 spiro atoms. The van der Waals surface area contributed by atoms with Gasteiger partial charge in [-0.05, 0) is 55.0 Å². The maximum absolute atomic E-state index is 12.6. The Balaban J connectivity index is 1.51. The van der Waals surface area contributed by atoms with E-state index >= 15 is 0 Å². The van der Waals surface area contributed by atoms with Crippen LogP contribution in [-0.2, 0) is 4.79 Å². The number of nitrogens with one attached hydrogen (secondary N) is 1. The molecule has 1 atom stereocenters. The second-order valence-electron chi connectivity index (χ2n) is 6.11. The van der Waals surface area contributed by atoms with Gasteiger partial charge in [0.05, 0.1) is 17.1 Å². The summed E-state index contributed by atoms with van der Waals surface area (Å²) in [6.07, 6.45) is 11.5. The van der Waals surface area contributed by atoms with Crippen LogP contribution in [0, 0.1) is 5.92 Å². The molecule has 122 valence electrons. The number of oxazole rings is 1. The third kappa shape index (κ3) is 2.78. The monoisotopic (exact) mass is 340 g/mol. The zero-order chi connectivity index (χ0) is 16.5. The van der Waals surface area contributed by atoms with E-state index in [1.807, 2.05) is 12.1 Å². The topological polar surface area (TPSA) is 55.1 Å². The third-order valence-electron chi connectivity index (χ3n) is 4.62. The van der Waals surface area contributed by atoms with Crippen LogP contribution in [0.5, 0.6) is 0 Å². The molecule has 1 aromatic carbocycles. The summed E-state index contributed by atoms with van der Waals surface area (Å²) in [6.45, 7) is 0. The Bertz CT molecular complexity index is 837. The number of allylic oxidation sites excluding steroid dienone is 3. The van der Waals surface area contributed by atoms with Gasteiger partial charge in [-0.3, -0.25) is 4.79 Å². The maximum Gasteiger partial charge on any atom is 0.231 e. The number of halogens is 1. The second-order valence-corrected chi connectivity index (χ2v) is 6.51. The van der Waals surface area contributed by atoms with Crippen LogP contribution in [0.4, 0.5) is 5.69 Å². The van der Waals surface area contributed by atoms with Crippen molar-refractivity contribution in [2.24, 2.45) is 5.92 Å². The Hall–Kier alpha value is -2.33. The molecule has 1 saturated carbocycles. The highest BCUT2D eigenvalue weighted by Gasteiger charge is 2.31. The molecule has 2 aliphatic rings. The zero-order valence-electron chi connectivity index (χ0n) is 13.1. The van der Waals surface area contributed by atoms with Crippen molar-refractivity contribution in [1.29, 1.82) is 0 Å². The molecule has 1 amide bonds. The van der Waals surface area contributed by atoms with Gasteiger partial charge in [0.2, 0.25) is 5.91 Å². The molecule has 5 heteroatoms. The number of aromatic nitrogens is 1. The van der Waals surface area contributed by atoms with Crippen LogP contribution >= 0.6 is 11.6 Å². The van der Waals surface area contributed by atoms with Crippen LogP contribution in [0.2, 0.25) is 5.02 Å². The number of hydrogen-bond acceptors (Lipinski definition) is 3. The van der Waals surface area contributed by atoms with Crippen LogP contribution in [0.15, 0.2) is 58.5 Å². The number of carbonyl (C=O) groups excluding carboxylic acids is 1. The maximum atomic E-state index is 12.6. The Morgan fingerprint density at radius 1 is 1.29 bits per heavy atom. The first-order valence-electron chi connectivity index (χ1n) is 8.11. The van der Waals surface area contributed by atoms with Crippen molar-refractivity contribution in [3.05, 3.63) is 59.1 Å². The van der Waals surface area contributed by atoms with Crippen molar-refractivity contribution in [3.63, 3.8) is 0 Å². The first-order valence-corrected chi connectivity index (χ1v) is 8.49. The minimum atomic E-state index is -0.0516. The van der Waals surface area contributed by atoms with E-state index in [-0.39, 0.29) is 11.8 Å². The van der Waals surface area contributed by atoms with E-state index in [1.54, 1.807) is 12.3 Å². The van der Waals surface area contributed by atoms with Crippen LogP contribution < -0.4 is 5.32 Å². The fraction of sp³-hybridized carbons (Fsp3) is 0.263. The fourth-order valence-electron chi connectivity index (χ4n) is 3.46. The summed E-state index contributed by atoms with van der Waals surface area (Å²) < 4.78 is 5.27. The molecule has 4 nitrogen and oxygen atoms in total. The Kier molecular flexibility index (Phi) is 3.98. The SMILES string of the molecule is O=C(Nc1ccc(-c2cnco2)c(Cl)c1)C1CCC2=CCCC=C21. The van der Waals surface area contributed by atoms with Crippen molar-refractivity contribution in [2.45, 2.75) is 25.7 Å². The lowest BCUT2D eigenvalue weighted by atomic mass is 9.94. The normalized spacial score (nSPS) is 19.5. The standard InChI is InChI=1S/C19H17ClN2O2/c20-17-9-13(6-8-16(17)18-10-21-11-24-18)22-19(23)15-7-5-12-3-1-2-4-14(12)15/h3-4,6,8-11,15H,1-2,5,7H2,(H,22,23). The molecule has 1 fully saturated rings. The van der Waals surface area contributed by atoms with Crippen molar-refractivity contribution in [3.8, 4) is 11.3 Å². The van der Waals surface area contributed by atoms with Gasteiger partial charge in [-0.15, -0.1) is 0 Å². The van der Waals surface area contributed by atoms with E-state index in [1.165, 1.54) is 17.5 Å². The lowest BCUT2D eigenvalue weighted by molar-refractivity contribution is -0.118. The zero-order valence-corrected chi connectivity index (χ0v) is 13.8. The minimum absolute atomic E-state index is 0.0371. The molecule has 1 aromatic heterocycles. The number of rotatable bonds is 3. The first-order chi connectivity index (χ1) is 11.7. The van der Waals surface area contributed by atoms with Crippen molar-refractivity contribution >= 4 is 23.2 Å². The Morgan fingerprint density at radius 3 is 2.96 bits per heavy atom. The lowest BCUT2D eigenvalue weighted by Gasteiger charge is -2.16. The van der Waals surface area contributed by atoms with Crippen LogP contribution in [0.25, 0.3) is 11.3 Å². The van der Waals surface area contributed by atoms with Gasteiger partial charge in [0.15, 0.2) is 12.2 Å². The van der Waals surface area contributed by atoms with Gasteiger partial charge in [0.25, 0.3) is 0 Å². The smallest absolute Gasteiger partial charge is 0.231 e. The summed E-state index contributed by atoms with van der Waals surface area (Å²) in [7, 11) is 0. The summed E-state index contributed by atoms with van der Waals surface area (Å²) in [5.74, 6) is 0.593. The number of fused-ring (bicyclic) bond motifs is 1. The van der Waals surface area contributed by atoms with Gasteiger partial charge in [-0.25, -0.2) is 4.98 Å². The number of anilines is 1. The minimum Gasteiger partial charge on any atom is -0.443 e. The van der Waals surface area contributed by atoms with Crippen molar-refractivity contribution in [2.75, 3.05) is 5.32 Å². The van der Waals surface area contributed by atoms with Crippen molar-refractivity contribution < 1.29 is 9.21 Å². The molecule has 1 unspecified atom stereocenters. The Morgan fingerprint density at radius 2 is 2.17 bits per heavy atom. The highest BCUT2D eigenvalue weighted by molar-refractivity contribution is 6.33. The van der Waals surface area contributed by atoms with Gasteiger partial charge >= 0.3 is 0 Å². The van der Waals surface area contributed by atoms with E-state index in [0.29, 0.717) is 16.5 Å². The van der Waals surface area contributed by atoms with Crippen LogP contribution in [-0.4, -0.2) is 10.9 Å². The molecule has 0 radical (unpaired) electrons. The van der Waals surface area contributed by atoms with E-state index in [2.05, 4.69) is 22.5 Å². The third-order valence-corrected chi connectivity index (χ3v) is 4.93. The van der Waals surface area contributed by atoms with E-state index in [4.69, 9.17) is 16.0 Å². The molecule has 0 saturated heterocycles. The predicted molar refractivity (Wildman–Crippen MR) is 93.7 cm³/mol. The van der Waals surface area contributed by atoms with E-state index in [9.17, 15) is 4.79 Å². The lowest BCUT2D eigenvalue weighted by Crippen LogP contribution is -2.22. The molecule has 0 aliphatic heterocycles. The average molecular weight is 341 g/mol. The summed E-state index contributed by atoms with van der Waals surface area (Å²) in [5, 5.41) is 3.51. The van der Waals surface area contributed by atoms with E-state index < -0.39 is 0 Å². The first kappa shape index (κ1) is 15.2. The average Bonchev–Trinajstić information content (AvgIpc) is 3.24. The quantitative estimate of drug-likeness (QED) is 0.856. The summed E-state index contributed by atoms with van der Waals surface area (Å²) in [6, 6.07) is 5.42. The number of nitrogens with zero attached hydrogens (tertiary/aromatic N) is 1. The molecule has 2 aromatic rings. The largest absolute Gasteiger partial charge is 0.443 e. The van der Waals surface area contributed by atoms with Crippen LogP contribution in [0.3, 0.4) is 0 Å². The summed E-state index contributed by atoms with van der Waals surface area (Å²) in [5.41, 5.74) is 4.01. The number of carbonyl (C=O) groups is 1. The molecular formula is C19H17ClN2O2. The second kappa shape index (κ2) is 6.29. The number of benzene rings is 1. The molecule has 4 rings (SSSR count). The molecule has 1 heterocycles. The van der Waals surface area contributed by atoms with Gasteiger partial charge in [-0.1, -0.05) is 23.8 Å². The molecule has 2 aliphatic carbocycles. The van der Waals surface area contributed by atoms with Gasteiger partial charge < -0.3 is 9.73 Å². The summed E-state index contributed by atoms with van der Waals surface area (Å²) >= 11 is 6.32. The van der Waals surface area contributed by atoms with Crippen LogP contribution in [0.1, 0.15) is 25.7 Å².